The summed E-state index contributed by atoms with van der Waals surface area (Å²) in [5.74, 6) is 2.95. The topological polar surface area (TPSA) is 44.7 Å². The molecule has 22 heavy (non-hydrogen) atoms. The molecule has 110 valence electrons. The summed E-state index contributed by atoms with van der Waals surface area (Å²) in [5.41, 5.74) is 1.57. The maximum atomic E-state index is 5.88. The predicted octanol–water partition coefficient (Wildman–Crippen LogP) is 4.86. The molecule has 4 rings (SSSR count). The Hall–Kier alpha value is -2.88. The van der Waals surface area contributed by atoms with Gasteiger partial charge in [-0.15, -0.1) is 0 Å². The van der Waals surface area contributed by atoms with E-state index in [1.54, 1.807) is 14.2 Å². The van der Waals surface area contributed by atoms with Crippen LogP contribution in [-0.4, -0.2) is 14.2 Å². The molecule has 0 fully saturated rings. The maximum Gasteiger partial charge on any atom is 0.170 e. The number of hydrogen-bond acceptors (Lipinski definition) is 4. The van der Waals surface area contributed by atoms with Gasteiger partial charge in [-0.2, -0.15) is 0 Å². The smallest absolute Gasteiger partial charge is 0.170 e. The minimum Gasteiger partial charge on any atom is -0.497 e. The Morgan fingerprint density at radius 2 is 1.27 bits per heavy atom. The molecule has 2 aromatic heterocycles. The highest BCUT2D eigenvalue weighted by atomic mass is 16.5. The van der Waals surface area contributed by atoms with Gasteiger partial charge in [0.2, 0.25) is 0 Å². The lowest BCUT2D eigenvalue weighted by molar-refractivity contribution is 0.414. The number of fused-ring (bicyclic) bond motifs is 2. The van der Waals surface area contributed by atoms with Crippen LogP contribution in [-0.2, 0) is 0 Å². The number of furan rings is 2. The Balaban J connectivity index is 1.83. The van der Waals surface area contributed by atoms with Crippen LogP contribution in [0, 0.1) is 0 Å². The summed E-state index contributed by atoms with van der Waals surface area (Å²) in [7, 11) is 3.28. The summed E-state index contributed by atoms with van der Waals surface area (Å²) in [4.78, 5) is 0. The lowest BCUT2D eigenvalue weighted by Gasteiger charge is -1.96. The molecule has 0 unspecified atom stereocenters. The Morgan fingerprint density at radius 1 is 0.636 bits per heavy atom. The second kappa shape index (κ2) is 4.84. The molecule has 0 atom stereocenters. The first kappa shape index (κ1) is 12.8. The molecule has 0 spiro atoms. The van der Waals surface area contributed by atoms with Gasteiger partial charge in [0.05, 0.1) is 14.2 Å². The fourth-order valence-electron chi connectivity index (χ4n) is 2.53. The number of benzene rings is 2. The molecule has 0 bridgehead atoms. The Kier molecular flexibility index (Phi) is 2.82. The van der Waals surface area contributed by atoms with Gasteiger partial charge in [0.25, 0.3) is 0 Å². The van der Waals surface area contributed by atoms with E-state index in [0.29, 0.717) is 11.5 Å². The summed E-state index contributed by atoms with van der Waals surface area (Å²) < 4.78 is 22.2. The molecule has 4 heteroatoms. The van der Waals surface area contributed by atoms with E-state index in [0.717, 1.165) is 33.4 Å². The fraction of sp³-hybridized carbons (Fsp3) is 0.111. The molecule has 4 aromatic rings. The lowest BCUT2D eigenvalue weighted by atomic mass is 10.2. The molecule has 0 aliphatic carbocycles. The average molecular weight is 294 g/mol. The third-order valence-electron chi connectivity index (χ3n) is 3.69. The van der Waals surface area contributed by atoms with E-state index >= 15 is 0 Å². The van der Waals surface area contributed by atoms with Gasteiger partial charge in [-0.3, -0.25) is 0 Å². The molecule has 0 saturated carbocycles. The van der Waals surface area contributed by atoms with Gasteiger partial charge in [-0.25, -0.2) is 0 Å². The summed E-state index contributed by atoms with van der Waals surface area (Å²) in [6.45, 7) is 0. The van der Waals surface area contributed by atoms with Crippen molar-refractivity contribution in [2.75, 3.05) is 14.2 Å². The molecule has 0 amide bonds. The van der Waals surface area contributed by atoms with E-state index in [1.165, 1.54) is 0 Å². The zero-order valence-electron chi connectivity index (χ0n) is 12.3. The number of ether oxygens (including phenoxy) is 2. The van der Waals surface area contributed by atoms with Crippen molar-refractivity contribution < 1.29 is 18.3 Å². The molecule has 0 aliphatic rings. The average Bonchev–Trinajstić information content (AvgIpc) is 3.16. The first-order valence-corrected chi connectivity index (χ1v) is 6.92. The van der Waals surface area contributed by atoms with E-state index < -0.39 is 0 Å². The Morgan fingerprint density at radius 3 is 2.05 bits per heavy atom. The van der Waals surface area contributed by atoms with E-state index in [2.05, 4.69) is 0 Å². The van der Waals surface area contributed by atoms with E-state index in [1.807, 2.05) is 48.5 Å². The van der Waals surface area contributed by atoms with E-state index in [4.69, 9.17) is 18.3 Å². The summed E-state index contributed by atoms with van der Waals surface area (Å²) in [6, 6.07) is 15.4. The normalized spacial score (nSPS) is 11.2. The summed E-state index contributed by atoms with van der Waals surface area (Å²) in [5, 5.41) is 1.99. The van der Waals surface area contributed by atoms with Crippen LogP contribution in [0.4, 0.5) is 0 Å². The van der Waals surface area contributed by atoms with Gasteiger partial charge < -0.3 is 18.3 Å². The van der Waals surface area contributed by atoms with Crippen molar-refractivity contribution in [3.8, 4) is 23.0 Å². The second-order valence-electron chi connectivity index (χ2n) is 5.03. The van der Waals surface area contributed by atoms with E-state index in [9.17, 15) is 0 Å². The lowest BCUT2D eigenvalue weighted by Crippen LogP contribution is -1.79. The highest BCUT2D eigenvalue weighted by Crippen LogP contribution is 2.34. The first-order valence-electron chi connectivity index (χ1n) is 6.92. The number of rotatable bonds is 3. The second-order valence-corrected chi connectivity index (χ2v) is 5.03. The third-order valence-corrected chi connectivity index (χ3v) is 3.69. The fourth-order valence-corrected chi connectivity index (χ4v) is 2.53. The van der Waals surface area contributed by atoms with Crippen LogP contribution in [0.3, 0.4) is 0 Å². The molecule has 0 saturated heterocycles. The van der Waals surface area contributed by atoms with Crippen LogP contribution in [0.25, 0.3) is 33.5 Å². The highest BCUT2D eigenvalue weighted by molar-refractivity contribution is 5.87. The van der Waals surface area contributed by atoms with Crippen molar-refractivity contribution in [1.82, 2.24) is 0 Å². The van der Waals surface area contributed by atoms with Gasteiger partial charge in [-0.05, 0) is 42.5 Å². The summed E-state index contributed by atoms with van der Waals surface area (Å²) >= 11 is 0. The molecule has 0 N–H and O–H groups in total. The number of hydrogen-bond donors (Lipinski definition) is 0. The van der Waals surface area contributed by atoms with Crippen molar-refractivity contribution in [2.45, 2.75) is 0 Å². The van der Waals surface area contributed by atoms with Gasteiger partial charge in [0.1, 0.15) is 22.7 Å². The van der Waals surface area contributed by atoms with Crippen molar-refractivity contribution >= 4 is 21.9 Å². The molecule has 0 radical (unpaired) electrons. The predicted molar refractivity (Wildman–Crippen MR) is 84.5 cm³/mol. The van der Waals surface area contributed by atoms with Crippen molar-refractivity contribution in [3.05, 3.63) is 48.5 Å². The Bertz CT molecular complexity index is 882. The molecular weight excluding hydrogens is 280 g/mol. The number of methoxy groups -OCH3 is 2. The molecule has 4 nitrogen and oxygen atoms in total. The highest BCUT2D eigenvalue weighted by Gasteiger charge is 2.12. The van der Waals surface area contributed by atoms with Crippen LogP contribution < -0.4 is 9.47 Å². The van der Waals surface area contributed by atoms with Gasteiger partial charge in [-0.1, -0.05) is 0 Å². The zero-order chi connectivity index (χ0) is 15.1. The van der Waals surface area contributed by atoms with Crippen molar-refractivity contribution in [3.63, 3.8) is 0 Å². The third kappa shape index (κ3) is 2.00. The summed E-state index contributed by atoms with van der Waals surface area (Å²) in [6.07, 6.45) is 0. The monoisotopic (exact) mass is 294 g/mol. The Labute approximate surface area is 126 Å². The largest absolute Gasteiger partial charge is 0.497 e. The van der Waals surface area contributed by atoms with Crippen molar-refractivity contribution in [1.29, 1.82) is 0 Å². The first-order chi connectivity index (χ1) is 10.8. The van der Waals surface area contributed by atoms with Crippen LogP contribution in [0.1, 0.15) is 0 Å². The molecule has 2 heterocycles. The van der Waals surface area contributed by atoms with E-state index in [-0.39, 0.29) is 0 Å². The minimum absolute atomic E-state index is 0.693. The molecule has 0 aliphatic heterocycles. The zero-order valence-corrected chi connectivity index (χ0v) is 12.3. The van der Waals surface area contributed by atoms with Crippen LogP contribution in [0.15, 0.2) is 57.4 Å². The van der Waals surface area contributed by atoms with Gasteiger partial charge in [0.15, 0.2) is 11.5 Å². The molecule has 2 aromatic carbocycles. The maximum absolute atomic E-state index is 5.88. The SMILES string of the molecule is COc1ccc2oc(-c3cc4ccc(OC)cc4o3)cc2c1. The standard InChI is InChI=1S/C18H14O4/c1-19-13-5-6-15-12(7-13)9-18(21-15)17-8-11-3-4-14(20-2)10-16(11)22-17/h3-10H,1-2H3. The molecular formula is C18H14O4. The van der Waals surface area contributed by atoms with Gasteiger partial charge in [0, 0.05) is 16.8 Å². The quantitative estimate of drug-likeness (QED) is 0.541. The van der Waals surface area contributed by atoms with Crippen LogP contribution in [0.5, 0.6) is 11.5 Å². The van der Waals surface area contributed by atoms with Crippen LogP contribution >= 0.6 is 0 Å². The van der Waals surface area contributed by atoms with Crippen LogP contribution in [0.2, 0.25) is 0 Å². The minimum atomic E-state index is 0.693. The van der Waals surface area contributed by atoms with Gasteiger partial charge >= 0.3 is 0 Å². The van der Waals surface area contributed by atoms with Crippen molar-refractivity contribution in [2.24, 2.45) is 0 Å².